The fourth-order valence-corrected chi connectivity index (χ4v) is 2.27. The van der Waals surface area contributed by atoms with Gasteiger partial charge in [0.1, 0.15) is 5.76 Å². The van der Waals surface area contributed by atoms with Crippen LogP contribution >= 0.6 is 38.5 Å². The second-order valence-electron chi connectivity index (χ2n) is 4.23. The van der Waals surface area contributed by atoms with Crippen molar-refractivity contribution in [1.82, 2.24) is 5.43 Å². The molecule has 2 N–H and O–H groups in total. The van der Waals surface area contributed by atoms with Crippen molar-refractivity contribution in [2.24, 2.45) is 5.10 Å². The molecule has 0 atom stereocenters. The van der Waals surface area contributed by atoms with E-state index < -0.39 is 0 Å². The largest absolute Gasteiger partial charge is 0.448 e. The summed E-state index contributed by atoms with van der Waals surface area (Å²) in [5.74, 6) is 0.00423. The van der Waals surface area contributed by atoms with Gasteiger partial charge in [-0.05, 0) is 40.2 Å². The van der Waals surface area contributed by atoms with Crippen LogP contribution in [0, 0.1) is 3.77 Å². The Bertz CT molecular complexity index is 706. The number of anilines is 1. The summed E-state index contributed by atoms with van der Waals surface area (Å²) in [6.07, 6.45) is 1.41. The Morgan fingerprint density at radius 1 is 1.32 bits per heavy atom. The van der Waals surface area contributed by atoms with E-state index in [4.69, 9.17) is 4.42 Å². The minimum absolute atomic E-state index is 0.166. The van der Waals surface area contributed by atoms with E-state index in [0.29, 0.717) is 20.8 Å². The Labute approximate surface area is 148 Å². The van der Waals surface area contributed by atoms with Crippen LogP contribution in [0.3, 0.4) is 0 Å². The molecule has 8 heteroatoms. The molecule has 0 radical (unpaired) electrons. The number of benzene rings is 1. The summed E-state index contributed by atoms with van der Waals surface area (Å²) >= 11 is 5.36. The number of furan rings is 1. The molecule has 1 aromatic heterocycles. The molecule has 0 bridgehead atoms. The smallest absolute Gasteiger partial charge is 0.271 e. The second kappa shape index (κ2) is 7.54. The van der Waals surface area contributed by atoms with Crippen LogP contribution in [-0.4, -0.2) is 18.0 Å². The number of rotatable bonds is 4. The zero-order valence-corrected chi connectivity index (χ0v) is 15.1. The fourth-order valence-electron chi connectivity index (χ4n) is 1.55. The molecule has 0 spiro atoms. The number of amides is 2. The summed E-state index contributed by atoms with van der Waals surface area (Å²) in [5.41, 5.74) is 3.46. The molecule has 6 nitrogen and oxygen atoms in total. The van der Waals surface area contributed by atoms with Crippen molar-refractivity contribution in [1.29, 1.82) is 0 Å². The van der Waals surface area contributed by atoms with E-state index in [1.807, 2.05) is 22.6 Å². The average Bonchev–Trinajstić information content (AvgIpc) is 2.77. The number of halogens is 2. The van der Waals surface area contributed by atoms with Gasteiger partial charge in [-0.2, -0.15) is 5.10 Å². The van der Waals surface area contributed by atoms with E-state index in [9.17, 15) is 9.59 Å². The van der Waals surface area contributed by atoms with Gasteiger partial charge in [-0.1, -0.05) is 0 Å². The van der Waals surface area contributed by atoms with E-state index in [0.717, 1.165) is 4.47 Å². The maximum atomic E-state index is 11.9. The quantitative estimate of drug-likeness (QED) is 0.404. The monoisotopic (exact) mass is 475 g/mol. The standard InChI is InChI=1S/C14H11BrIN3O3/c1-8(20)18-10-4-2-9(3-5-10)14(21)19-17-7-11-6-12(15)13(16)22-11/h2-7H,1H3,(H,18,20)(H,19,21). The Morgan fingerprint density at radius 3 is 2.55 bits per heavy atom. The highest BCUT2D eigenvalue weighted by Crippen LogP contribution is 2.21. The zero-order chi connectivity index (χ0) is 16.1. The first-order valence-corrected chi connectivity index (χ1v) is 7.99. The summed E-state index contributed by atoms with van der Waals surface area (Å²) in [7, 11) is 0. The summed E-state index contributed by atoms with van der Waals surface area (Å²) < 4.78 is 6.89. The van der Waals surface area contributed by atoms with Crippen LogP contribution in [0.4, 0.5) is 5.69 Å². The van der Waals surface area contributed by atoms with Crippen LogP contribution in [0.15, 0.2) is 44.3 Å². The number of carbonyl (C=O) groups excluding carboxylic acids is 2. The van der Waals surface area contributed by atoms with Gasteiger partial charge in [-0.25, -0.2) is 5.43 Å². The lowest BCUT2D eigenvalue weighted by Crippen LogP contribution is -2.17. The Balaban J connectivity index is 1.95. The van der Waals surface area contributed by atoms with Gasteiger partial charge in [-0.3, -0.25) is 9.59 Å². The molecule has 1 aromatic carbocycles. The third-order valence-electron chi connectivity index (χ3n) is 2.49. The maximum Gasteiger partial charge on any atom is 0.271 e. The van der Waals surface area contributed by atoms with Gasteiger partial charge in [0.2, 0.25) is 5.91 Å². The lowest BCUT2D eigenvalue weighted by atomic mass is 10.2. The normalized spacial score (nSPS) is 10.7. The van der Waals surface area contributed by atoms with Crippen molar-refractivity contribution in [3.8, 4) is 0 Å². The van der Waals surface area contributed by atoms with E-state index in [2.05, 4.69) is 31.8 Å². The van der Waals surface area contributed by atoms with Crippen molar-refractivity contribution in [2.75, 3.05) is 5.32 Å². The number of nitrogens with one attached hydrogen (secondary N) is 2. The van der Waals surface area contributed by atoms with Crippen LogP contribution in [0.5, 0.6) is 0 Å². The molecular formula is C14H11BrIN3O3. The summed E-state index contributed by atoms with van der Waals surface area (Å²) in [4.78, 5) is 22.8. The van der Waals surface area contributed by atoms with Crippen molar-refractivity contribution < 1.29 is 14.0 Å². The molecule has 1 heterocycles. The molecule has 0 unspecified atom stereocenters. The van der Waals surface area contributed by atoms with Crippen LogP contribution < -0.4 is 10.7 Å². The van der Waals surface area contributed by atoms with Gasteiger partial charge in [0.25, 0.3) is 5.91 Å². The van der Waals surface area contributed by atoms with Gasteiger partial charge in [-0.15, -0.1) is 0 Å². The molecule has 0 fully saturated rings. The average molecular weight is 476 g/mol. The first-order chi connectivity index (χ1) is 10.5. The van der Waals surface area contributed by atoms with Crippen LogP contribution in [0.2, 0.25) is 0 Å². The van der Waals surface area contributed by atoms with E-state index in [1.165, 1.54) is 13.1 Å². The van der Waals surface area contributed by atoms with Gasteiger partial charge in [0, 0.05) is 46.8 Å². The molecule has 2 amide bonds. The van der Waals surface area contributed by atoms with Crippen LogP contribution in [-0.2, 0) is 4.79 Å². The van der Waals surface area contributed by atoms with Crippen molar-refractivity contribution in [3.05, 3.63) is 49.9 Å². The minimum atomic E-state index is -0.356. The Hall–Kier alpha value is -1.68. The number of carbonyl (C=O) groups is 2. The molecule has 0 aliphatic rings. The Kier molecular flexibility index (Phi) is 5.72. The topological polar surface area (TPSA) is 83.7 Å². The predicted molar refractivity (Wildman–Crippen MR) is 94.9 cm³/mol. The first kappa shape index (κ1) is 16.7. The molecule has 0 saturated carbocycles. The molecule has 2 rings (SSSR count). The van der Waals surface area contributed by atoms with Gasteiger partial charge >= 0.3 is 0 Å². The molecule has 114 valence electrons. The van der Waals surface area contributed by atoms with Gasteiger partial charge in [0.05, 0.1) is 10.7 Å². The highest BCUT2D eigenvalue weighted by molar-refractivity contribution is 14.1. The Morgan fingerprint density at radius 2 is 2.00 bits per heavy atom. The van der Waals surface area contributed by atoms with E-state index in [1.54, 1.807) is 30.3 Å². The van der Waals surface area contributed by atoms with Crippen molar-refractivity contribution in [3.63, 3.8) is 0 Å². The fraction of sp³-hybridized carbons (Fsp3) is 0.0714. The highest BCUT2D eigenvalue weighted by Gasteiger charge is 2.06. The van der Waals surface area contributed by atoms with E-state index in [-0.39, 0.29) is 11.8 Å². The van der Waals surface area contributed by atoms with Gasteiger partial charge < -0.3 is 9.73 Å². The first-order valence-electron chi connectivity index (χ1n) is 6.11. The van der Waals surface area contributed by atoms with Crippen LogP contribution in [0.25, 0.3) is 0 Å². The third kappa shape index (κ3) is 4.67. The van der Waals surface area contributed by atoms with Gasteiger partial charge in [0.15, 0.2) is 3.77 Å². The summed E-state index contributed by atoms with van der Waals surface area (Å²) in [5, 5.41) is 6.46. The van der Waals surface area contributed by atoms with Crippen molar-refractivity contribution in [2.45, 2.75) is 6.92 Å². The predicted octanol–water partition coefficient (Wildman–Crippen LogP) is 3.37. The third-order valence-corrected chi connectivity index (χ3v) is 4.62. The molecule has 22 heavy (non-hydrogen) atoms. The number of hydrogen-bond acceptors (Lipinski definition) is 4. The highest BCUT2D eigenvalue weighted by atomic mass is 127. The van der Waals surface area contributed by atoms with Crippen molar-refractivity contribution >= 4 is 62.2 Å². The lowest BCUT2D eigenvalue weighted by Gasteiger charge is -2.03. The second-order valence-corrected chi connectivity index (χ2v) is 6.06. The zero-order valence-electron chi connectivity index (χ0n) is 11.4. The number of hydrazone groups is 1. The lowest BCUT2D eigenvalue weighted by molar-refractivity contribution is -0.114. The molecule has 2 aromatic rings. The molecule has 0 saturated heterocycles. The summed E-state index contributed by atoms with van der Waals surface area (Å²) in [6.45, 7) is 1.42. The molecular weight excluding hydrogens is 465 g/mol. The molecule has 0 aliphatic heterocycles. The minimum Gasteiger partial charge on any atom is -0.448 e. The molecule has 0 aliphatic carbocycles. The maximum absolute atomic E-state index is 11.9. The number of nitrogens with zero attached hydrogens (tertiary/aromatic N) is 1. The number of hydrogen-bond donors (Lipinski definition) is 2. The van der Waals surface area contributed by atoms with Crippen LogP contribution in [0.1, 0.15) is 23.0 Å². The summed E-state index contributed by atoms with van der Waals surface area (Å²) in [6, 6.07) is 8.24. The SMILES string of the molecule is CC(=O)Nc1ccc(C(=O)NN=Cc2cc(Br)c(I)o2)cc1. The van der Waals surface area contributed by atoms with E-state index >= 15 is 0 Å².